The lowest BCUT2D eigenvalue weighted by molar-refractivity contribution is 0.0979. The van der Waals surface area contributed by atoms with Crippen molar-refractivity contribution >= 4 is 80.9 Å². The molecule has 0 saturated carbocycles. The molecule has 27 heavy (non-hydrogen) atoms. The molecule has 0 atom stereocenters. The van der Waals surface area contributed by atoms with Gasteiger partial charge in [-0.25, -0.2) is 0 Å². The molecule has 2 nitrogen and oxygen atoms in total. The van der Waals surface area contributed by atoms with E-state index in [-0.39, 0.29) is 11.6 Å². The average Bonchev–Trinajstić information content (AvgIpc) is 2.65. The van der Waals surface area contributed by atoms with Crippen LogP contribution in [-0.2, 0) is 0 Å². The topological polar surface area (TPSA) is 34.1 Å². The smallest absolute Gasteiger partial charge is 0.194 e. The zero-order valence-corrected chi connectivity index (χ0v) is 18.4. The standard InChI is InChI=1S/C22H9Br3O2/c23-14-2-1-10-4-15-16(5-11(10)3-14)22(27)18-7-13-9-20(25)19(24)8-12(13)6-17(18)21(15)26/h1-9H. The molecule has 0 aromatic heterocycles. The Hall–Kier alpha value is -1.82. The minimum atomic E-state index is -0.109. The quantitative estimate of drug-likeness (QED) is 0.209. The van der Waals surface area contributed by atoms with Crippen LogP contribution in [-0.4, -0.2) is 11.6 Å². The summed E-state index contributed by atoms with van der Waals surface area (Å²) in [7, 11) is 0. The summed E-state index contributed by atoms with van der Waals surface area (Å²) < 4.78 is 2.74. The number of hydrogen-bond donors (Lipinski definition) is 0. The molecule has 0 radical (unpaired) electrons. The van der Waals surface area contributed by atoms with Gasteiger partial charge in [-0.2, -0.15) is 0 Å². The van der Waals surface area contributed by atoms with E-state index < -0.39 is 0 Å². The van der Waals surface area contributed by atoms with Crippen molar-refractivity contribution in [1.82, 2.24) is 0 Å². The second kappa shape index (κ2) is 6.09. The molecule has 0 spiro atoms. The van der Waals surface area contributed by atoms with Crippen LogP contribution < -0.4 is 0 Å². The molecule has 5 heteroatoms. The highest BCUT2D eigenvalue weighted by Crippen LogP contribution is 2.36. The lowest BCUT2D eigenvalue weighted by Crippen LogP contribution is -2.20. The van der Waals surface area contributed by atoms with Gasteiger partial charge in [0.15, 0.2) is 11.6 Å². The van der Waals surface area contributed by atoms with Gasteiger partial charge in [0, 0.05) is 35.7 Å². The largest absolute Gasteiger partial charge is 0.289 e. The zero-order valence-electron chi connectivity index (χ0n) is 13.6. The molecule has 0 N–H and O–H groups in total. The molecule has 130 valence electrons. The third kappa shape index (κ3) is 2.64. The summed E-state index contributed by atoms with van der Waals surface area (Å²) >= 11 is 10.5. The van der Waals surface area contributed by atoms with Crippen LogP contribution in [0.1, 0.15) is 31.8 Å². The van der Waals surface area contributed by atoms with Crippen molar-refractivity contribution in [3.8, 4) is 0 Å². The Morgan fingerprint density at radius 1 is 0.481 bits per heavy atom. The molecule has 1 aliphatic carbocycles. The van der Waals surface area contributed by atoms with Crippen molar-refractivity contribution in [2.24, 2.45) is 0 Å². The van der Waals surface area contributed by atoms with Crippen LogP contribution in [0.4, 0.5) is 0 Å². The SMILES string of the molecule is O=C1c2cc3ccc(Br)cc3cc2C(=O)c2cc3cc(Br)c(Br)cc3cc21. The van der Waals surface area contributed by atoms with Gasteiger partial charge in [0.2, 0.25) is 0 Å². The highest BCUT2D eigenvalue weighted by Gasteiger charge is 2.30. The van der Waals surface area contributed by atoms with E-state index in [1.54, 1.807) is 0 Å². The molecule has 0 heterocycles. The normalized spacial score (nSPS) is 13.1. The maximum Gasteiger partial charge on any atom is 0.194 e. The summed E-state index contributed by atoms with van der Waals surface area (Å²) in [6, 6.07) is 17.0. The van der Waals surface area contributed by atoms with Gasteiger partial charge < -0.3 is 0 Å². The summed E-state index contributed by atoms with van der Waals surface area (Å²) in [6.45, 7) is 0. The number of rotatable bonds is 0. The Bertz CT molecular complexity index is 1340. The fourth-order valence-electron chi connectivity index (χ4n) is 3.60. The summed E-state index contributed by atoms with van der Waals surface area (Å²) in [5.41, 5.74) is 1.86. The maximum atomic E-state index is 13.2. The highest BCUT2D eigenvalue weighted by atomic mass is 79.9. The van der Waals surface area contributed by atoms with Crippen LogP contribution in [0.3, 0.4) is 0 Å². The van der Waals surface area contributed by atoms with Crippen LogP contribution in [0.2, 0.25) is 0 Å². The van der Waals surface area contributed by atoms with E-state index in [4.69, 9.17) is 0 Å². The minimum absolute atomic E-state index is 0.106. The Kier molecular flexibility index (Phi) is 3.90. The number of carbonyl (C=O) groups excluding carboxylic acids is 2. The molecule has 0 amide bonds. The molecular weight excluding hydrogens is 536 g/mol. The first-order valence-corrected chi connectivity index (χ1v) is 10.6. The van der Waals surface area contributed by atoms with E-state index >= 15 is 0 Å². The molecule has 0 unspecified atom stereocenters. The lowest BCUT2D eigenvalue weighted by atomic mass is 9.81. The Balaban J connectivity index is 1.81. The molecule has 5 rings (SSSR count). The van der Waals surface area contributed by atoms with Gasteiger partial charge in [-0.15, -0.1) is 0 Å². The maximum absolute atomic E-state index is 13.2. The molecule has 0 saturated heterocycles. The fourth-order valence-corrected chi connectivity index (χ4v) is 4.71. The van der Waals surface area contributed by atoms with Crippen LogP contribution in [0.5, 0.6) is 0 Å². The molecule has 4 aromatic carbocycles. The van der Waals surface area contributed by atoms with E-state index in [1.165, 1.54) is 0 Å². The van der Waals surface area contributed by atoms with Gasteiger partial charge >= 0.3 is 0 Å². The molecule has 0 aliphatic heterocycles. The van der Waals surface area contributed by atoms with E-state index in [9.17, 15) is 9.59 Å². The first kappa shape index (κ1) is 17.3. The highest BCUT2D eigenvalue weighted by molar-refractivity contribution is 9.13. The molecular formula is C22H9Br3O2. The Morgan fingerprint density at radius 2 is 0.889 bits per heavy atom. The number of halogens is 3. The van der Waals surface area contributed by atoms with Crippen molar-refractivity contribution in [3.63, 3.8) is 0 Å². The fraction of sp³-hybridized carbons (Fsp3) is 0. The molecule has 0 bridgehead atoms. The van der Waals surface area contributed by atoms with E-state index in [0.717, 1.165) is 35.0 Å². The summed E-state index contributed by atoms with van der Waals surface area (Å²) in [4.78, 5) is 26.4. The van der Waals surface area contributed by atoms with Gasteiger partial charge in [0.1, 0.15) is 0 Å². The number of fused-ring (bicyclic) bond motifs is 4. The minimum Gasteiger partial charge on any atom is -0.289 e. The van der Waals surface area contributed by atoms with Crippen LogP contribution in [0, 0.1) is 0 Å². The monoisotopic (exact) mass is 542 g/mol. The number of hydrogen-bond acceptors (Lipinski definition) is 2. The predicted molar refractivity (Wildman–Crippen MR) is 118 cm³/mol. The van der Waals surface area contributed by atoms with Crippen LogP contribution >= 0.6 is 47.8 Å². The first-order valence-electron chi connectivity index (χ1n) is 8.18. The van der Waals surface area contributed by atoms with Crippen molar-refractivity contribution in [2.75, 3.05) is 0 Å². The summed E-state index contributed by atoms with van der Waals surface area (Å²) in [5.74, 6) is -0.215. The lowest BCUT2D eigenvalue weighted by Gasteiger charge is -2.19. The Morgan fingerprint density at radius 3 is 1.37 bits per heavy atom. The van der Waals surface area contributed by atoms with Crippen molar-refractivity contribution in [3.05, 3.63) is 90.3 Å². The van der Waals surface area contributed by atoms with E-state index in [2.05, 4.69) is 47.8 Å². The number of carbonyl (C=O) groups is 2. The van der Waals surface area contributed by atoms with E-state index in [1.807, 2.05) is 54.6 Å². The molecule has 4 aromatic rings. The van der Waals surface area contributed by atoms with Gasteiger partial charge in [-0.1, -0.05) is 22.0 Å². The Labute approximate surface area is 180 Å². The van der Waals surface area contributed by atoms with Gasteiger partial charge in [-0.3, -0.25) is 9.59 Å². The van der Waals surface area contributed by atoms with Crippen molar-refractivity contribution < 1.29 is 9.59 Å². The van der Waals surface area contributed by atoms with Gasteiger partial charge in [0.25, 0.3) is 0 Å². The van der Waals surface area contributed by atoms with Crippen LogP contribution in [0.15, 0.2) is 68.0 Å². The summed E-state index contributed by atoms with van der Waals surface area (Å²) in [6.07, 6.45) is 0. The van der Waals surface area contributed by atoms with Crippen molar-refractivity contribution in [1.29, 1.82) is 0 Å². The van der Waals surface area contributed by atoms with Crippen LogP contribution in [0.25, 0.3) is 21.5 Å². The van der Waals surface area contributed by atoms with Gasteiger partial charge in [-0.05, 0) is 102 Å². The predicted octanol–water partition coefficient (Wildman–Crippen LogP) is 7.06. The van der Waals surface area contributed by atoms with Gasteiger partial charge in [0.05, 0.1) is 0 Å². The van der Waals surface area contributed by atoms with Crippen molar-refractivity contribution in [2.45, 2.75) is 0 Å². The zero-order chi connectivity index (χ0) is 18.9. The second-order valence-corrected chi connectivity index (χ2v) is 9.18. The third-order valence-corrected chi connectivity index (χ3v) is 7.27. The third-order valence-electron chi connectivity index (χ3n) is 4.93. The van der Waals surface area contributed by atoms with E-state index in [0.29, 0.717) is 22.3 Å². The molecule has 0 fully saturated rings. The first-order chi connectivity index (χ1) is 12.9. The second-order valence-electron chi connectivity index (χ2n) is 6.56. The summed E-state index contributed by atoms with van der Waals surface area (Å²) in [5, 5.41) is 3.70. The number of ketones is 2. The average molecular weight is 545 g/mol. The number of benzene rings is 4. The molecule has 1 aliphatic rings.